The van der Waals surface area contributed by atoms with Gasteiger partial charge in [-0.3, -0.25) is 9.78 Å². The lowest BCUT2D eigenvalue weighted by Gasteiger charge is -2.20. The van der Waals surface area contributed by atoms with Crippen LogP contribution in [-0.4, -0.2) is 42.7 Å². The Labute approximate surface area is 160 Å². The molecule has 2 aromatic rings. The first-order valence-corrected chi connectivity index (χ1v) is 10.4. The minimum atomic E-state index is -3.60. The maximum atomic E-state index is 13.0. The molecule has 1 saturated heterocycles. The summed E-state index contributed by atoms with van der Waals surface area (Å²) < 4.78 is 27.4. The van der Waals surface area contributed by atoms with Crippen molar-refractivity contribution in [3.8, 4) is 11.3 Å². The molecule has 27 heavy (non-hydrogen) atoms. The smallest absolute Gasteiger partial charge is 0.244 e. The third-order valence-corrected chi connectivity index (χ3v) is 6.54. The summed E-state index contributed by atoms with van der Waals surface area (Å²) in [5.41, 5.74) is 1.68. The lowest BCUT2D eigenvalue weighted by molar-refractivity contribution is -0.117. The topological polar surface area (TPSA) is 79.4 Å². The van der Waals surface area contributed by atoms with Gasteiger partial charge < -0.3 is 5.32 Å². The van der Waals surface area contributed by atoms with Crippen molar-refractivity contribution < 1.29 is 13.2 Å². The number of sulfonamides is 1. The van der Waals surface area contributed by atoms with Crippen molar-refractivity contribution >= 4 is 15.9 Å². The number of nitrogens with one attached hydrogen (secondary N) is 1. The summed E-state index contributed by atoms with van der Waals surface area (Å²) >= 11 is 0. The van der Waals surface area contributed by atoms with Gasteiger partial charge in [0.1, 0.15) is 4.90 Å². The maximum Gasteiger partial charge on any atom is 0.244 e. The molecule has 0 bridgehead atoms. The molecule has 1 N–H and O–H groups in total. The van der Waals surface area contributed by atoms with Gasteiger partial charge in [0.25, 0.3) is 0 Å². The van der Waals surface area contributed by atoms with Crippen molar-refractivity contribution in [2.75, 3.05) is 13.1 Å². The van der Waals surface area contributed by atoms with Crippen LogP contribution in [0, 0.1) is 0 Å². The molecule has 1 amide bonds. The molecule has 1 atom stereocenters. The summed E-state index contributed by atoms with van der Waals surface area (Å²) in [4.78, 5) is 16.0. The first-order valence-electron chi connectivity index (χ1n) is 8.95. The van der Waals surface area contributed by atoms with E-state index >= 15 is 0 Å². The number of carbonyl (C=O) groups excluding carboxylic acids is 1. The van der Waals surface area contributed by atoms with Crippen LogP contribution < -0.4 is 5.32 Å². The molecule has 1 unspecified atom stereocenters. The number of aromatic nitrogens is 1. The van der Waals surface area contributed by atoms with Crippen LogP contribution in [0.25, 0.3) is 11.3 Å². The van der Waals surface area contributed by atoms with E-state index in [1.807, 2.05) is 30.3 Å². The van der Waals surface area contributed by atoms with E-state index in [4.69, 9.17) is 0 Å². The molecule has 1 aromatic heterocycles. The second kappa shape index (κ2) is 8.45. The van der Waals surface area contributed by atoms with Crippen LogP contribution in [0.1, 0.15) is 19.3 Å². The molecule has 0 radical (unpaired) electrons. The first-order chi connectivity index (χ1) is 13.0. The van der Waals surface area contributed by atoms with Gasteiger partial charge >= 0.3 is 0 Å². The molecule has 1 aliphatic heterocycles. The van der Waals surface area contributed by atoms with Crippen molar-refractivity contribution in [2.24, 2.45) is 0 Å². The zero-order valence-corrected chi connectivity index (χ0v) is 15.9. The number of rotatable bonds is 5. The van der Waals surface area contributed by atoms with Crippen LogP contribution in [0.5, 0.6) is 0 Å². The van der Waals surface area contributed by atoms with Gasteiger partial charge in [-0.2, -0.15) is 4.31 Å². The van der Waals surface area contributed by atoms with Gasteiger partial charge in [0, 0.05) is 30.9 Å². The van der Waals surface area contributed by atoms with Crippen molar-refractivity contribution in [1.82, 2.24) is 14.6 Å². The van der Waals surface area contributed by atoms with Crippen molar-refractivity contribution in [3.63, 3.8) is 0 Å². The summed E-state index contributed by atoms with van der Waals surface area (Å²) in [6, 6.07) is 12.9. The molecule has 6 nitrogen and oxygen atoms in total. The Bertz CT molecular complexity index is 896. The molecule has 0 aliphatic carbocycles. The van der Waals surface area contributed by atoms with E-state index in [1.165, 1.54) is 16.6 Å². The van der Waals surface area contributed by atoms with Crippen LogP contribution in [0.15, 0.2) is 66.2 Å². The molecular formula is C20H23N3O3S. The summed E-state index contributed by atoms with van der Waals surface area (Å²) in [5.74, 6) is -0.225. The van der Waals surface area contributed by atoms with Crippen molar-refractivity contribution in [1.29, 1.82) is 0 Å². The van der Waals surface area contributed by atoms with Gasteiger partial charge in [0.2, 0.25) is 15.9 Å². The zero-order chi connectivity index (χ0) is 19.3. The number of hydrogen-bond donors (Lipinski definition) is 1. The highest BCUT2D eigenvalue weighted by molar-refractivity contribution is 7.89. The number of amides is 1. The van der Waals surface area contributed by atoms with Gasteiger partial charge in [0.05, 0.1) is 5.69 Å². The van der Waals surface area contributed by atoms with E-state index in [2.05, 4.69) is 16.9 Å². The van der Waals surface area contributed by atoms with Crippen LogP contribution >= 0.6 is 0 Å². The van der Waals surface area contributed by atoms with Crippen molar-refractivity contribution in [2.45, 2.75) is 30.2 Å². The van der Waals surface area contributed by atoms with Gasteiger partial charge in [-0.05, 0) is 37.5 Å². The normalized spacial score (nSPS) is 18.4. The number of benzene rings is 1. The highest BCUT2D eigenvalue weighted by Gasteiger charge is 2.28. The standard InChI is InChI=1S/C20H23N3O3S/c1-2-20(24)22-17-9-6-13-23(14-12-17)27(25,26)18-10-11-19(21-15-18)16-7-4-3-5-8-16/h2-5,7-8,10-11,15,17H,1,6,9,12-14H2,(H,22,24). The summed E-state index contributed by atoms with van der Waals surface area (Å²) in [6.45, 7) is 4.25. The Hall–Kier alpha value is -2.51. The highest BCUT2D eigenvalue weighted by atomic mass is 32.2. The minimum Gasteiger partial charge on any atom is -0.350 e. The average Bonchev–Trinajstić information content (AvgIpc) is 2.95. The quantitative estimate of drug-likeness (QED) is 0.803. The Morgan fingerprint density at radius 3 is 2.59 bits per heavy atom. The summed E-state index contributed by atoms with van der Waals surface area (Å²) in [5, 5.41) is 2.86. The van der Waals surface area contributed by atoms with E-state index in [-0.39, 0.29) is 16.8 Å². The van der Waals surface area contributed by atoms with Crippen LogP contribution in [0.2, 0.25) is 0 Å². The Balaban J connectivity index is 1.72. The molecule has 142 valence electrons. The third-order valence-electron chi connectivity index (χ3n) is 4.66. The number of hydrogen-bond acceptors (Lipinski definition) is 4. The van der Waals surface area contributed by atoms with E-state index in [9.17, 15) is 13.2 Å². The molecule has 0 saturated carbocycles. The van der Waals surface area contributed by atoms with Gasteiger partial charge in [-0.25, -0.2) is 8.42 Å². The Morgan fingerprint density at radius 2 is 1.93 bits per heavy atom. The van der Waals surface area contributed by atoms with E-state index in [0.29, 0.717) is 25.9 Å². The average molecular weight is 385 g/mol. The lowest BCUT2D eigenvalue weighted by Crippen LogP contribution is -2.36. The van der Waals surface area contributed by atoms with E-state index in [0.717, 1.165) is 17.7 Å². The summed E-state index contributed by atoms with van der Waals surface area (Å²) in [7, 11) is -3.60. The van der Waals surface area contributed by atoms with E-state index in [1.54, 1.807) is 12.1 Å². The predicted octanol–water partition coefficient (Wildman–Crippen LogP) is 2.59. The molecule has 0 spiro atoms. The first kappa shape index (κ1) is 19.3. The van der Waals surface area contributed by atoms with E-state index < -0.39 is 10.0 Å². The van der Waals surface area contributed by atoms with Crippen LogP contribution in [0.3, 0.4) is 0 Å². The SMILES string of the molecule is C=CC(=O)NC1CCCN(S(=O)(=O)c2ccc(-c3ccccc3)nc2)CC1. The monoisotopic (exact) mass is 385 g/mol. The highest BCUT2D eigenvalue weighted by Crippen LogP contribution is 2.22. The Morgan fingerprint density at radius 1 is 1.15 bits per heavy atom. The van der Waals surface area contributed by atoms with Gasteiger partial charge in [0.15, 0.2) is 0 Å². The fourth-order valence-corrected chi connectivity index (χ4v) is 4.62. The minimum absolute atomic E-state index is 0.0331. The second-order valence-electron chi connectivity index (χ2n) is 6.49. The number of carbonyl (C=O) groups is 1. The fourth-order valence-electron chi connectivity index (χ4n) is 3.18. The van der Waals surface area contributed by atoms with Gasteiger partial charge in [-0.15, -0.1) is 0 Å². The van der Waals surface area contributed by atoms with Crippen molar-refractivity contribution in [3.05, 3.63) is 61.3 Å². The molecule has 7 heteroatoms. The largest absolute Gasteiger partial charge is 0.350 e. The second-order valence-corrected chi connectivity index (χ2v) is 8.43. The molecule has 1 aromatic carbocycles. The summed E-state index contributed by atoms with van der Waals surface area (Å²) in [6.07, 6.45) is 4.67. The fraction of sp³-hybridized carbons (Fsp3) is 0.300. The predicted molar refractivity (Wildman–Crippen MR) is 104 cm³/mol. The van der Waals surface area contributed by atoms with Crippen LogP contribution in [-0.2, 0) is 14.8 Å². The van der Waals surface area contributed by atoms with Crippen LogP contribution in [0.4, 0.5) is 0 Å². The zero-order valence-electron chi connectivity index (χ0n) is 15.0. The molecule has 1 aliphatic rings. The molecule has 2 heterocycles. The molecule has 1 fully saturated rings. The Kier molecular flexibility index (Phi) is 6.03. The molecule has 3 rings (SSSR count). The molecular weight excluding hydrogens is 362 g/mol. The lowest BCUT2D eigenvalue weighted by atomic mass is 10.1. The maximum absolute atomic E-state index is 13.0. The number of nitrogens with zero attached hydrogens (tertiary/aromatic N) is 2. The number of pyridine rings is 1. The third kappa shape index (κ3) is 4.61. The van der Waals surface area contributed by atoms with Gasteiger partial charge in [-0.1, -0.05) is 36.9 Å².